The van der Waals surface area contributed by atoms with Gasteiger partial charge in [-0.3, -0.25) is 9.59 Å². The van der Waals surface area contributed by atoms with Crippen LogP contribution in [0.25, 0.3) is 10.9 Å². The smallest absolute Gasteiger partial charge is 0.261 e. The van der Waals surface area contributed by atoms with Crippen LogP contribution in [0.4, 0.5) is 4.39 Å². The number of amides is 1. The van der Waals surface area contributed by atoms with Crippen LogP contribution in [0.15, 0.2) is 41.2 Å². The second-order valence-electron chi connectivity index (χ2n) is 6.69. The number of rotatable bonds is 1. The van der Waals surface area contributed by atoms with Crippen molar-refractivity contribution in [2.24, 2.45) is 0 Å². The summed E-state index contributed by atoms with van der Waals surface area (Å²) < 4.78 is 24.1. The average Bonchev–Trinajstić information content (AvgIpc) is 3.11. The van der Waals surface area contributed by atoms with E-state index in [1.165, 1.54) is 18.2 Å². The van der Waals surface area contributed by atoms with E-state index >= 15 is 0 Å². The number of halogens is 1. The van der Waals surface area contributed by atoms with E-state index in [1.807, 2.05) is 12.1 Å². The summed E-state index contributed by atoms with van der Waals surface area (Å²) >= 11 is 0. The zero-order chi connectivity index (χ0) is 18.5. The molecule has 1 amide bonds. The molecule has 136 valence electrons. The van der Waals surface area contributed by atoms with Crippen molar-refractivity contribution in [3.8, 4) is 11.5 Å². The Bertz CT molecular complexity index is 1150. The number of pyridine rings is 1. The lowest BCUT2D eigenvalue weighted by atomic mass is 9.98. The summed E-state index contributed by atoms with van der Waals surface area (Å²) in [7, 11) is 0. The number of nitrogens with zero attached hydrogens (tertiary/aromatic N) is 1. The first-order valence-electron chi connectivity index (χ1n) is 8.62. The number of nitrogens with one attached hydrogen (secondary N) is 1. The Morgan fingerprint density at radius 3 is 2.67 bits per heavy atom. The van der Waals surface area contributed by atoms with E-state index in [-0.39, 0.29) is 18.3 Å². The molecular formula is C20H15FN2O4. The van der Waals surface area contributed by atoms with Crippen LogP contribution in [-0.2, 0) is 13.0 Å². The van der Waals surface area contributed by atoms with Crippen LogP contribution in [0.1, 0.15) is 21.5 Å². The van der Waals surface area contributed by atoms with Crippen LogP contribution in [-0.4, -0.2) is 29.1 Å². The molecule has 0 spiro atoms. The van der Waals surface area contributed by atoms with Crippen molar-refractivity contribution in [3.63, 3.8) is 0 Å². The number of fused-ring (bicyclic) bond motifs is 3. The molecule has 0 unspecified atom stereocenters. The standard InChI is InChI=1S/C20H15FN2O4/c21-14-2-1-12-5-15(19(24)22-16(12)8-14)20(25)23-4-3-11-6-17-18(27-10-26-17)7-13(11)9-23/h1-2,5-8H,3-4,9-10H2,(H,22,24). The second kappa shape index (κ2) is 5.84. The molecule has 0 bridgehead atoms. The molecule has 0 radical (unpaired) electrons. The summed E-state index contributed by atoms with van der Waals surface area (Å²) in [6.45, 7) is 1.10. The molecule has 0 fully saturated rings. The number of aromatic nitrogens is 1. The third-order valence-electron chi connectivity index (χ3n) is 5.03. The fraction of sp³-hybridized carbons (Fsp3) is 0.200. The highest BCUT2D eigenvalue weighted by atomic mass is 19.1. The first-order chi connectivity index (χ1) is 13.1. The van der Waals surface area contributed by atoms with Crippen molar-refractivity contribution in [1.82, 2.24) is 9.88 Å². The third kappa shape index (κ3) is 2.63. The Labute approximate surface area is 153 Å². The van der Waals surface area contributed by atoms with Gasteiger partial charge in [0.05, 0.1) is 5.52 Å². The molecule has 2 aliphatic rings. The first kappa shape index (κ1) is 15.9. The van der Waals surface area contributed by atoms with Crippen LogP contribution < -0.4 is 15.0 Å². The molecule has 27 heavy (non-hydrogen) atoms. The van der Waals surface area contributed by atoms with E-state index in [0.717, 1.165) is 16.9 Å². The van der Waals surface area contributed by atoms with E-state index in [0.29, 0.717) is 36.2 Å². The van der Waals surface area contributed by atoms with Crippen molar-refractivity contribution >= 4 is 16.8 Å². The highest BCUT2D eigenvalue weighted by molar-refractivity contribution is 5.97. The molecule has 6 nitrogen and oxygen atoms in total. The Balaban J connectivity index is 1.48. The molecule has 1 N–H and O–H groups in total. The number of hydrogen-bond donors (Lipinski definition) is 1. The molecular weight excluding hydrogens is 351 g/mol. The van der Waals surface area contributed by atoms with Crippen molar-refractivity contribution in [1.29, 1.82) is 0 Å². The lowest BCUT2D eigenvalue weighted by Crippen LogP contribution is -2.38. The van der Waals surface area contributed by atoms with Crippen LogP contribution in [0.3, 0.4) is 0 Å². The minimum Gasteiger partial charge on any atom is -0.454 e. The van der Waals surface area contributed by atoms with E-state index in [1.54, 1.807) is 11.0 Å². The van der Waals surface area contributed by atoms with Crippen LogP contribution in [0, 0.1) is 5.82 Å². The summed E-state index contributed by atoms with van der Waals surface area (Å²) in [6, 6.07) is 9.45. The summed E-state index contributed by atoms with van der Waals surface area (Å²) in [6.07, 6.45) is 0.675. The summed E-state index contributed by atoms with van der Waals surface area (Å²) in [5, 5.41) is 0.611. The minimum absolute atomic E-state index is 0.0540. The van der Waals surface area contributed by atoms with Crippen molar-refractivity contribution in [3.05, 3.63) is 69.3 Å². The summed E-state index contributed by atoms with van der Waals surface area (Å²) in [5.41, 5.74) is 2.01. The zero-order valence-electron chi connectivity index (χ0n) is 14.3. The zero-order valence-corrected chi connectivity index (χ0v) is 14.3. The van der Waals surface area contributed by atoms with Crippen molar-refractivity contribution in [2.45, 2.75) is 13.0 Å². The van der Waals surface area contributed by atoms with Gasteiger partial charge in [0, 0.05) is 13.1 Å². The maximum absolute atomic E-state index is 13.3. The molecule has 5 rings (SSSR count). The normalized spacial score (nSPS) is 15.1. The third-order valence-corrected chi connectivity index (χ3v) is 5.03. The molecule has 2 aliphatic heterocycles. The topological polar surface area (TPSA) is 71.6 Å². The minimum atomic E-state index is -0.519. The van der Waals surface area contributed by atoms with Gasteiger partial charge in [-0.1, -0.05) is 0 Å². The van der Waals surface area contributed by atoms with Gasteiger partial charge in [-0.25, -0.2) is 4.39 Å². The number of hydrogen-bond acceptors (Lipinski definition) is 4. The molecule has 3 aromatic rings. The molecule has 3 heterocycles. The van der Waals surface area contributed by atoms with Gasteiger partial charge >= 0.3 is 0 Å². The molecule has 0 aliphatic carbocycles. The van der Waals surface area contributed by atoms with Crippen LogP contribution in [0.5, 0.6) is 11.5 Å². The predicted octanol–water partition coefficient (Wildman–Crippen LogP) is 2.59. The maximum Gasteiger partial charge on any atom is 0.261 e. The quantitative estimate of drug-likeness (QED) is 0.719. The number of carbonyl (C=O) groups is 1. The van der Waals surface area contributed by atoms with Gasteiger partial charge in [0.2, 0.25) is 6.79 Å². The number of benzene rings is 2. The van der Waals surface area contributed by atoms with Crippen molar-refractivity contribution in [2.75, 3.05) is 13.3 Å². The lowest BCUT2D eigenvalue weighted by Gasteiger charge is -2.29. The predicted molar refractivity (Wildman–Crippen MR) is 95.5 cm³/mol. The first-order valence-corrected chi connectivity index (χ1v) is 8.62. The number of aromatic amines is 1. The highest BCUT2D eigenvalue weighted by Crippen LogP contribution is 2.36. The highest BCUT2D eigenvalue weighted by Gasteiger charge is 2.26. The SMILES string of the molecule is O=C(c1cc2ccc(F)cc2[nH]c1=O)N1CCc2cc3c(cc2C1)OCO3. The summed E-state index contributed by atoms with van der Waals surface area (Å²) in [5.74, 6) is 0.620. The molecule has 7 heteroatoms. The molecule has 0 saturated heterocycles. The van der Waals surface area contributed by atoms with Crippen LogP contribution in [0.2, 0.25) is 0 Å². The van der Waals surface area contributed by atoms with E-state index in [2.05, 4.69) is 4.98 Å². The van der Waals surface area contributed by atoms with Gasteiger partial charge in [-0.2, -0.15) is 0 Å². The van der Waals surface area contributed by atoms with Gasteiger partial charge in [0.25, 0.3) is 11.5 Å². The van der Waals surface area contributed by atoms with Gasteiger partial charge in [0.15, 0.2) is 11.5 Å². The fourth-order valence-corrected chi connectivity index (χ4v) is 3.62. The maximum atomic E-state index is 13.3. The largest absolute Gasteiger partial charge is 0.454 e. The van der Waals surface area contributed by atoms with Gasteiger partial charge in [0.1, 0.15) is 11.4 Å². The number of ether oxygens (including phenoxy) is 2. The molecule has 1 aromatic heterocycles. The van der Waals surface area contributed by atoms with E-state index < -0.39 is 11.4 Å². The Hall–Kier alpha value is -3.35. The van der Waals surface area contributed by atoms with Gasteiger partial charge in [-0.15, -0.1) is 0 Å². The Morgan fingerprint density at radius 2 is 1.85 bits per heavy atom. The molecule has 0 atom stereocenters. The van der Waals surface area contributed by atoms with Gasteiger partial charge in [-0.05, 0) is 59.3 Å². The number of H-pyrrole nitrogens is 1. The fourth-order valence-electron chi connectivity index (χ4n) is 3.62. The lowest BCUT2D eigenvalue weighted by molar-refractivity contribution is 0.0733. The van der Waals surface area contributed by atoms with Crippen molar-refractivity contribution < 1.29 is 18.7 Å². The van der Waals surface area contributed by atoms with E-state index in [4.69, 9.17) is 9.47 Å². The summed E-state index contributed by atoms with van der Waals surface area (Å²) in [4.78, 5) is 29.6. The van der Waals surface area contributed by atoms with Gasteiger partial charge < -0.3 is 19.4 Å². The Kier molecular flexibility index (Phi) is 3.43. The Morgan fingerprint density at radius 1 is 1.07 bits per heavy atom. The molecule has 2 aromatic carbocycles. The number of carbonyl (C=O) groups excluding carboxylic acids is 1. The van der Waals surface area contributed by atoms with E-state index in [9.17, 15) is 14.0 Å². The van der Waals surface area contributed by atoms with Crippen LogP contribution >= 0.6 is 0 Å². The second-order valence-corrected chi connectivity index (χ2v) is 6.69. The molecule has 0 saturated carbocycles. The average molecular weight is 366 g/mol. The monoisotopic (exact) mass is 366 g/mol.